The Morgan fingerprint density at radius 2 is 1.91 bits per heavy atom. The molecule has 1 unspecified atom stereocenters. The third-order valence-electron chi connectivity index (χ3n) is 6.43. The summed E-state index contributed by atoms with van der Waals surface area (Å²) in [6.07, 6.45) is 4.67. The van der Waals surface area contributed by atoms with Gasteiger partial charge in [0.15, 0.2) is 5.75 Å². The molecule has 2 aromatic rings. The van der Waals surface area contributed by atoms with Crippen LogP contribution >= 0.6 is 0 Å². The Bertz CT molecular complexity index is 1180. The number of alkyl carbamates (subject to hydrolysis) is 1. The molecule has 1 saturated heterocycles. The van der Waals surface area contributed by atoms with Crippen molar-refractivity contribution in [2.24, 2.45) is 0 Å². The molecule has 0 bridgehead atoms. The number of aromatic nitrogens is 1. The van der Waals surface area contributed by atoms with E-state index in [1.807, 2.05) is 38.3 Å². The van der Waals surface area contributed by atoms with E-state index in [1.165, 1.54) is 6.20 Å². The minimum Gasteiger partial charge on any atom is -0.492 e. The topological polar surface area (TPSA) is 110 Å². The van der Waals surface area contributed by atoms with Crippen LogP contribution in [0.25, 0.3) is 10.9 Å². The fourth-order valence-electron chi connectivity index (χ4n) is 4.83. The van der Waals surface area contributed by atoms with E-state index in [0.717, 1.165) is 37.9 Å². The summed E-state index contributed by atoms with van der Waals surface area (Å²) >= 11 is 0. The van der Waals surface area contributed by atoms with E-state index < -0.39 is 23.1 Å². The van der Waals surface area contributed by atoms with Gasteiger partial charge in [-0.05, 0) is 65.5 Å². The maximum Gasteiger partial charge on any atom is 0.407 e. The van der Waals surface area contributed by atoms with Crippen LogP contribution in [0.15, 0.2) is 23.1 Å². The van der Waals surface area contributed by atoms with Crippen molar-refractivity contribution in [3.8, 4) is 5.75 Å². The highest BCUT2D eigenvalue weighted by molar-refractivity contribution is 5.97. The lowest BCUT2D eigenvalue weighted by molar-refractivity contribution is 0.0501. The minimum atomic E-state index is -1.23. The fourth-order valence-corrected chi connectivity index (χ4v) is 4.83. The quantitative estimate of drug-likeness (QED) is 0.657. The van der Waals surface area contributed by atoms with Crippen LogP contribution in [0.4, 0.5) is 10.5 Å². The molecule has 34 heavy (non-hydrogen) atoms. The Kier molecular flexibility index (Phi) is 6.22. The second kappa shape index (κ2) is 8.85. The summed E-state index contributed by atoms with van der Waals surface area (Å²) in [5, 5.41) is 12.8. The Morgan fingerprint density at radius 1 is 1.21 bits per heavy atom. The van der Waals surface area contributed by atoms with Crippen molar-refractivity contribution in [3.05, 3.63) is 34.1 Å². The standard InChI is InChI=1S/C25H33N3O6/c1-14(26-24(32)34-25(2,3)4)18-7-6-12-27(18)19-11-10-16-20(22(19)33-5)28(15-8-9-15)13-17(21(16)29)23(30)31/h10-11,13-15,18H,6-9,12H2,1-5H3,(H,26,32)(H,30,31)/t14-,18?/m0/s1. The molecule has 2 atom stereocenters. The van der Waals surface area contributed by atoms with Crippen LogP contribution in [0, 0.1) is 0 Å². The molecule has 9 heteroatoms. The zero-order chi connectivity index (χ0) is 24.8. The highest BCUT2D eigenvalue weighted by atomic mass is 16.6. The number of pyridine rings is 1. The van der Waals surface area contributed by atoms with Crippen LogP contribution in [0.2, 0.25) is 0 Å². The van der Waals surface area contributed by atoms with Crippen molar-refractivity contribution in [1.29, 1.82) is 0 Å². The zero-order valence-corrected chi connectivity index (χ0v) is 20.4. The third kappa shape index (κ3) is 4.56. The maximum atomic E-state index is 12.9. The number of nitrogens with one attached hydrogen (secondary N) is 1. The fraction of sp³-hybridized carbons (Fsp3) is 0.560. The molecule has 1 aromatic heterocycles. The highest BCUT2D eigenvalue weighted by Crippen LogP contribution is 2.44. The first-order chi connectivity index (χ1) is 16.0. The molecule has 1 aromatic carbocycles. The van der Waals surface area contributed by atoms with Gasteiger partial charge in [-0.1, -0.05) is 0 Å². The van der Waals surface area contributed by atoms with Crippen LogP contribution in [-0.2, 0) is 4.74 Å². The molecule has 2 aliphatic rings. The van der Waals surface area contributed by atoms with E-state index in [2.05, 4.69) is 10.2 Å². The molecule has 1 aliphatic carbocycles. The number of hydrogen-bond acceptors (Lipinski definition) is 6. The average molecular weight is 472 g/mol. The van der Waals surface area contributed by atoms with Gasteiger partial charge < -0.3 is 29.4 Å². The number of carbonyl (C=O) groups is 2. The van der Waals surface area contributed by atoms with Gasteiger partial charge in [0.2, 0.25) is 5.43 Å². The summed E-state index contributed by atoms with van der Waals surface area (Å²) < 4.78 is 13.2. The number of benzene rings is 1. The number of hydrogen-bond donors (Lipinski definition) is 2. The number of nitrogens with zero attached hydrogens (tertiary/aromatic N) is 2. The van der Waals surface area contributed by atoms with Crippen LogP contribution in [0.1, 0.15) is 69.8 Å². The van der Waals surface area contributed by atoms with E-state index >= 15 is 0 Å². The van der Waals surface area contributed by atoms with Crippen molar-refractivity contribution in [2.45, 2.75) is 77.1 Å². The molecule has 2 fully saturated rings. The van der Waals surface area contributed by atoms with Gasteiger partial charge in [-0.25, -0.2) is 9.59 Å². The SMILES string of the molecule is COc1c(N2CCCC2[C@H](C)NC(=O)OC(C)(C)C)ccc2c(=O)c(C(=O)O)cn(C3CC3)c12. The predicted octanol–water partition coefficient (Wildman–Crippen LogP) is 3.93. The zero-order valence-electron chi connectivity index (χ0n) is 20.4. The molecule has 2 N–H and O–H groups in total. The lowest BCUT2D eigenvalue weighted by Crippen LogP contribution is -2.48. The smallest absolute Gasteiger partial charge is 0.407 e. The van der Waals surface area contributed by atoms with E-state index in [1.54, 1.807) is 13.2 Å². The first kappa shape index (κ1) is 23.9. The molecular formula is C25H33N3O6. The minimum absolute atomic E-state index is 0.0123. The maximum absolute atomic E-state index is 12.9. The lowest BCUT2D eigenvalue weighted by Gasteiger charge is -2.33. The van der Waals surface area contributed by atoms with E-state index in [-0.39, 0.29) is 23.7 Å². The van der Waals surface area contributed by atoms with E-state index in [0.29, 0.717) is 16.7 Å². The summed E-state index contributed by atoms with van der Waals surface area (Å²) in [4.78, 5) is 39.2. The van der Waals surface area contributed by atoms with Gasteiger partial charge in [0.05, 0.1) is 23.7 Å². The Morgan fingerprint density at radius 3 is 2.50 bits per heavy atom. The van der Waals surface area contributed by atoms with Gasteiger partial charge in [-0.3, -0.25) is 4.79 Å². The number of amides is 1. The number of rotatable bonds is 6. The summed E-state index contributed by atoms with van der Waals surface area (Å²) in [6.45, 7) is 8.21. The predicted molar refractivity (Wildman–Crippen MR) is 129 cm³/mol. The van der Waals surface area contributed by atoms with Gasteiger partial charge in [0.25, 0.3) is 0 Å². The molecule has 1 aliphatic heterocycles. The molecule has 1 saturated carbocycles. The van der Waals surface area contributed by atoms with Crippen molar-refractivity contribution < 1.29 is 24.2 Å². The summed E-state index contributed by atoms with van der Waals surface area (Å²) in [5.41, 5.74) is 0.121. The van der Waals surface area contributed by atoms with Gasteiger partial charge in [-0.15, -0.1) is 0 Å². The first-order valence-electron chi connectivity index (χ1n) is 11.8. The second-order valence-electron chi connectivity index (χ2n) is 10.2. The molecule has 9 nitrogen and oxygen atoms in total. The second-order valence-corrected chi connectivity index (χ2v) is 10.2. The molecule has 2 heterocycles. The normalized spacial score (nSPS) is 19.2. The average Bonchev–Trinajstić information content (AvgIpc) is 3.47. The number of carboxylic acids is 1. The van der Waals surface area contributed by atoms with Gasteiger partial charge >= 0.3 is 12.1 Å². The third-order valence-corrected chi connectivity index (χ3v) is 6.43. The number of anilines is 1. The van der Waals surface area contributed by atoms with Crippen LogP contribution in [0.3, 0.4) is 0 Å². The lowest BCUT2D eigenvalue weighted by atomic mass is 10.0. The van der Waals surface area contributed by atoms with Crippen LogP contribution < -0.4 is 20.4 Å². The van der Waals surface area contributed by atoms with Crippen molar-refractivity contribution in [2.75, 3.05) is 18.6 Å². The summed E-state index contributed by atoms with van der Waals surface area (Å²) in [5.74, 6) is -0.680. The Hall–Kier alpha value is -3.23. The molecule has 184 valence electrons. The van der Waals surface area contributed by atoms with E-state index in [9.17, 15) is 19.5 Å². The number of carbonyl (C=O) groups excluding carboxylic acids is 1. The Labute approximate surface area is 198 Å². The van der Waals surface area contributed by atoms with Gasteiger partial charge in [0.1, 0.15) is 11.2 Å². The molecule has 0 spiro atoms. The number of methoxy groups -OCH3 is 1. The first-order valence-corrected chi connectivity index (χ1v) is 11.8. The molecular weight excluding hydrogens is 438 g/mol. The molecule has 1 amide bonds. The molecule has 4 rings (SSSR count). The van der Waals surface area contributed by atoms with Crippen LogP contribution in [0.5, 0.6) is 5.75 Å². The van der Waals surface area contributed by atoms with Crippen molar-refractivity contribution in [1.82, 2.24) is 9.88 Å². The summed E-state index contributed by atoms with van der Waals surface area (Å²) in [6, 6.07) is 3.50. The van der Waals surface area contributed by atoms with Gasteiger partial charge in [0, 0.05) is 30.9 Å². The Balaban J connectivity index is 1.75. The summed E-state index contributed by atoms with van der Waals surface area (Å²) in [7, 11) is 1.57. The molecule has 0 radical (unpaired) electrons. The van der Waals surface area contributed by atoms with Crippen LogP contribution in [-0.4, -0.2) is 53.1 Å². The van der Waals surface area contributed by atoms with Crippen molar-refractivity contribution in [3.63, 3.8) is 0 Å². The number of fused-ring (bicyclic) bond motifs is 1. The highest BCUT2D eigenvalue weighted by Gasteiger charge is 2.35. The van der Waals surface area contributed by atoms with Gasteiger partial charge in [-0.2, -0.15) is 0 Å². The number of aromatic carboxylic acids is 1. The number of ether oxygens (including phenoxy) is 2. The number of carboxylic acid groups (broad SMARTS) is 1. The van der Waals surface area contributed by atoms with Crippen molar-refractivity contribution >= 4 is 28.7 Å². The monoisotopic (exact) mass is 471 g/mol. The largest absolute Gasteiger partial charge is 0.492 e. The van der Waals surface area contributed by atoms with E-state index in [4.69, 9.17) is 9.47 Å².